The molecule has 1 saturated carbocycles. The van der Waals surface area contributed by atoms with E-state index < -0.39 is 83.5 Å². The first-order valence-electron chi connectivity index (χ1n) is 23.2. The molecule has 5 unspecified atom stereocenters. The van der Waals surface area contributed by atoms with Gasteiger partial charge in [0.25, 0.3) is 0 Å². The molecule has 1 rings (SSSR count). The van der Waals surface area contributed by atoms with Crippen LogP contribution in [0.1, 0.15) is 136 Å². The van der Waals surface area contributed by atoms with E-state index in [-0.39, 0.29) is 18.9 Å². The number of aliphatic hydroxyl groups excluding tert-OH is 5. The minimum atomic E-state index is -5.38. The average molecular weight is 977 g/mol. The molecule has 1 aliphatic carbocycles. The Labute approximate surface area is 391 Å². The van der Waals surface area contributed by atoms with Crippen LogP contribution in [0.25, 0.3) is 0 Å². The van der Waals surface area contributed by atoms with Crippen LogP contribution >= 0.6 is 15.6 Å². The molecule has 1 fully saturated rings. The molecule has 0 aliphatic heterocycles. The van der Waals surface area contributed by atoms with E-state index in [1.807, 2.05) is 18.2 Å². The molecule has 0 heterocycles. The number of aliphatic hydroxyl groups is 5. The lowest BCUT2D eigenvalue weighted by molar-refractivity contribution is -0.216. The van der Waals surface area contributed by atoms with Crippen LogP contribution in [0.3, 0.4) is 0 Å². The van der Waals surface area contributed by atoms with Crippen molar-refractivity contribution >= 4 is 27.6 Å². The second kappa shape index (κ2) is 37.1. The molecule has 1 aliphatic rings. The van der Waals surface area contributed by atoms with Crippen molar-refractivity contribution in [2.24, 2.45) is 0 Å². The summed E-state index contributed by atoms with van der Waals surface area (Å²) in [6, 6.07) is 0. The van der Waals surface area contributed by atoms with Crippen molar-refractivity contribution in [2.45, 2.75) is 185 Å². The van der Waals surface area contributed by atoms with Gasteiger partial charge in [-0.25, -0.2) is 9.13 Å². The van der Waals surface area contributed by atoms with E-state index in [0.29, 0.717) is 19.3 Å². The van der Waals surface area contributed by atoms with Crippen LogP contribution < -0.4 is 0 Å². The zero-order valence-electron chi connectivity index (χ0n) is 38.7. The smallest absolute Gasteiger partial charge is 0.462 e. The van der Waals surface area contributed by atoms with Crippen LogP contribution in [0.5, 0.6) is 0 Å². The topological polar surface area (TPSA) is 276 Å². The Morgan fingerprint density at radius 1 is 0.545 bits per heavy atom. The van der Waals surface area contributed by atoms with E-state index in [9.17, 15) is 49.1 Å². The molecule has 0 saturated heterocycles. The molecule has 0 aromatic heterocycles. The first-order chi connectivity index (χ1) is 31.5. The van der Waals surface area contributed by atoms with Gasteiger partial charge in [-0.2, -0.15) is 0 Å². The van der Waals surface area contributed by atoms with Gasteiger partial charge in [0.1, 0.15) is 43.2 Å². The highest BCUT2D eigenvalue weighted by molar-refractivity contribution is 7.47. The van der Waals surface area contributed by atoms with Gasteiger partial charge in [0.2, 0.25) is 0 Å². The van der Waals surface area contributed by atoms with E-state index in [0.717, 1.165) is 89.9 Å². The van der Waals surface area contributed by atoms with Crippen LogP contribution in [-0.4, -0.2) is 114 Å². The summed E-state index contributed by atoms with van der Waals surface area (Å²) in [5.74, 6) is -1.32. The molecule has 378 valence electrons. The van der Waals surface area contributed by atoms with Crippen molar-refractivity contribution in [1.82, 2.24) is 0 Å². The molecule has 8 N–H and O–H groups in total. The Balaban J connectivity index is 2.65. The molecule has 17 nitrogen and oxygen atoms in total. The number of allylic oxidation sites excluding steroid dienone is 14. The Bertz CT molecular complexity index is 1620. The minimum absolute atomic E-state index is 0.00167. The predicted octanol–water partition coefficient (Wildman–Crippen LogP) is 7.58. The standard InChI is InChI=1S/C47H78O17P2/c1-3-4-5-6-7-8-9-10-12-17-20-23-26-29-32-35-41(50)62-39(37-61-66(58,59)64-47-44(53)42(51)43(52)46(45(47)54)63-65(55,56)57)36-60-40(49)34-31-28-25-22-19-16-14-11-13-15-18-21-24-27-30-33-38(2)48/h4-5,7-8,10,12-16,21-22,24-25,38-39,42-48,51-54H,3,6,9,11,17-20,23,26-37H2,1-2H3,(H,58,59)(H2,55,56,57)/b5-4-,8-7-,12-10-,15-13-,16-14-,24-21-,25-22-/t38-,39-,42?,43?,44?,45?,46-,47+/m1/s1. The zero-order chi connectivity index (χ0) is 49.1. The van der Waals surface area contributed by atoms with Crippen molar-refractivity contribution in [3.05, 3.63) is 85.1 Å². The third-order valence-corrected chi connectivity index (χ3v) is 11.5. The number of carbonyl (C=O) groups is 2. The van der Waals surface area contributed by atoms with Crippen molar-refractivity contribution in [2.75, 3.05) is 13.2 Å². The Kier molecular flexibility index (Phi) is 34.4. The molecule has 0 spiro atoms. The van der Waals surface area contributed by atoms with E-state index in [1.54, 1.807) is 6.92 Å². The number of carbonyl (C=O) groups excluding carboxylic acids is 2. The molecule has 0 amide bonds. The molecule has 0 radical (unpaired) electrons. The number of hydrogen-bond donors (Lipinski definition) is 8. The van der Waals surface area contributed by atoms with E-state index in [4.69, 9.17) is 28.3 Å². The van der Waals surface area contributed by atoms with Gasteiger partial charge in [-0.3, -0.25) is 23.2 Å². The Morgan fingerprint density at radius 2 is 1.00 bits per heavy atom. The summed E-state index contributed by atoms with van der Waals surface area (Å²) in [6.45, 7) is 2.47. The summed E-state index contributed by atoms with van der Waals surface area (Å²) in [6.07, 6.45) is 28.2. The second-order valence-corrected chi connectivity index (χ2v) is 18.6. The fourth-order valence-electron chi connectivity index (χ4n) is 6.40. The molecule has 9 atom stereocenters. The zero-order valence-corrected chi connectivity index (χ0v) is 40.5. The average Bonchev–Trinajstić information content (AvgIpc) is 3.26. The summed E-state index contributed by atoms with van der Waals surface area (Å²) < 4.78 is 49.2. The first kappa shape index (κ1) is 61.2. The lowest BCUT2D eigenvalue weighted by atomic mass is 9.85. The van der Waals surface area contributed by atoms with Crippen LogP contribution in [0.4, 0.5) is 0 Å². The Morgan fingerprint density at radius 3 is 1.53 bits per heavy atom. The number of esters is 2. The molecule has 66 heavy (non-hydrogen) atoms. The second-order valence-electron chi connectivity index (χ2n) is 16.0. The quantitative estimate of drug-likeness (QED) is 0.0129. The summed E-state index contributed by atoms with van der Waals surface area (Å²) in [5.41, 5.74) is 0. The monoisotopic (exact) mass is 976 g/mol. The summed E-state index contributed by atoms with van der Waals surface area (Å²) in [7, 11) is -10.7. The van der Waals surface area contributed by atoms with Gasteiger partial charge >= 0.3 is 27.6 Å². The molecule has 0 aromatic carbocycles. The van der Waals surface area contributed by atoms with Crippen LogP contribution in [0.15, 0.2) is 85.1 Å². The number of rotatable bonds is 37. The van der Waals surface area contributed by atoms with Crippen LogP contribution in [0.2, 0.25) is 0 Å². The highest BCUT2D eigenvalue weighted by atomic mass is 31.2. The lowest BCUT2D eigenvalue weighted by Gasteiger charge is -2.43. The highest BCUT2D eigenvalue weighted by Crippen LogP contribution is 2.49. The molecule has 19 heteroatoms. The van der Waals surface area contributed by atoms with E-state index >= 15 is 0 Å². The van der Waals surface area contributed by atoms with Gasteiger partial charge in [0, 0.05) is 12.8 Å². The Hall–Kier alpha value is -2.86. The largest absolute Gasteiger partial charge is 0.472 e. The fourth-order valence-corrected chi connectivity index (χ4v) is 7.94. The normalized spacial score (nSPS) is 22.8. The third kappa shape index (κ3) is 32.0. The van der Waals surface area contributed by atoms with E-state index in [2.05, 4.69) is 78.3 Å². The summed E-state index contributed by atoms with van der Waals surface area (Å²) in [5, 5.41) is 50.5. The van der Waals surface area contributed by atoms with Crippen molar-refractivity contribution < 1.29 is 82.0 Å². The number of phosphoric ester groups is 2. The van der Waals surface area contributed by atoms with Crippen molar-refractivity contribution in [3.63, 3.8) is 0 Å². The maximum atomic E-state index is 13.0. The third-order valence-electron chi connectivity index (χ3n) is 9.97. The number of phosphoric acid groups is 2. The van der Waals surface area contributed by atoms with Gasteiger partial charge in [-0.05, 0) is 96.8 Å². The van der Waals surface area contributed by atoms with Crippen molar-refractivity contribution in [3.8, 4) is 0 Å². The predicted molar refractivity (Wildman–Crippen MR) is 251 cm³/mol. The van der Waals surface area contributed by atoms with Gasteiger partial charge < -0.3 is 49.7 Å². The SMILES string of the molecule is CC/C=C\C/C=C\C/C=C\CCCCCCCC(=O)O[C@H](COC(=O)CCC/C=C\C/C=C\C/C=C\C/C=C\CCC[C@@H](C)O)COP(=O)(O)O[C@H]1C(O)C(O)C(O)[C@@H](OP(=O)(O)O)C1O. The number of unbranched alkanes of at least 4 members (excludes halogenated alkanes) is 7. The van der Waals surface area contributed by atoms with Gasteiger partial charge in [-0.1, -0.05) is 111 Å². The van der Waals surface area contributed by atoms with Gasteiger partial charge in [0.05, 0.1) is 12.7 Å². The maximum Gasteiger partial charge on any atom is 0.472 e. The van der Waals surface area contributed by atoms with Crippen LogP contribution in [-0.2, 0) is 41.8 Å². The van der Waals surface area contributed by atoms with Gasteiger partial charge in [-0.15, -0.1) is 0 Å². The van der Waals surface area contributed by atoms with Crippen molar-refractivity contribution in [1.29, 1.82) is 0 Å². The fraction of sp³-hybridized carbons (Fsp3) is 0.660. The summed E-state index contributed by atoms with van der Waals surface area (Å²) in [4.78, 5) is 54.2. The first-order valence-corrected chi connectivity index (χ1v) is 26.2. The molecule has 0 bridgehead atoms. The van der Waals surface area contributed by atoms with Crippen LogP contribution in [0, 0.1) is 0 Å². The molecular formula is C47H78O17P2. The van der Waals surface area contributed by atoms with E-state index in [1.165, 1.54) is 0 Å². The highest BCUT2D eigenvalue weighted by Gasteiger charge is 2.54. The number of hydrogen-bond acceptors (Lipinski definition) is 14. The van der Waals surface area contributed by atoms with Gasteiger partial charge in [0.15, 0.2) is 6.10 Å². The lowest BCUT2D eigenvalue weighted by Crippen LogP contribution is -2.64. The molecular weight excluding hydrogens is 898 g/mol. The maximum absolute atomic E-state index is 13.0. The molecule has 0 aromatic rings. The summed E-state index contributed by atoms with van der Waals surface area (Å²) >= 11 is 0. The number of ether oxygens (including phenoxy) is 2. The minimum Gasteiger partial charge on any atom is -0.462 e.